The maximum absolute atomic E-state index is 12.6. The maximum Gasteiger partial charge on any atom is 0.410 e. The third kappa shape index (κ3) is 3.68. The first kappa shape index (κ1) is 16.3. The molecular formula is C17H28N4O2. The largest absolute Gasteiger partial charge is 0.444 e. The lowest BCUT2D eigenvalue weighted by atomic mass is 10.1. The minimum Gasteiger partial charge on any atom is -0.444 e. The molecule has 128 valence electrons. The molecule has 3 heterocycles. The number of amides is 1. The van der Waals surface area contributed by atoms with Gasteiger partial charge in [-0.2, -0.15) is 0 Å². The highest BCUT2D eigenvalue weighted by Gasteiger charge is 2.41. The van der Waals surface area contributed by atoms with Gasteiger partial charge in [-0.1, -0.05) is 0 Å². The van der Waals surface area contributed by atoms with Crippen LogP contribution in [0, 0.1) is 0 Å². The number of imidazole rings is 1. The Kier molecular flexibility index (Phi) is 4.36. The molecule has 1 aromatic rings. The lowest BCUT2D eigenvalue weighted by Crippen LogP contribution is -2.45. The number of carbonyl (C=O) groups excluding carboxylic acids is 1. The molecule has 0 N–H and O–H groups in total. The van der Waals surface area contributed by atoms with E-state index in [4.69, 9.17) is 4.74 Å². The zero-order valence-electron chi connectivity index (χ0n) is 14.7. The number of aryl methyl sites for hydroxylation is 1. The van der Waals surface area contributed by atoms with E-state index in [1.807, 2.05) is 45.1 Å². The summed E-state index contributed by atoms with van der Waals surface area (Å²) < 4.78 is 7.69. The van der Waals surface area contributed by atoms with Crippen LogP contribution >= 0.6 is 0 Å². The van der Waals surface area contributed by atoms with E-state index < -0.39 is 5.60 Å². The lowest BCUT2D eigenvalue weighted by Gasteiger charge is -2.31. The number of nitrogens with zero attached hydrogens (tertiary/aromatic N) is 4. The average molecular weight is 320 g/mol. The molecule has 2 atom stereocenters. The van der Waals surface area contributed by atoms with Gasteiger partial charge < -0.3 is 14.2 Å². The van der Waals surface area contributed by atoms with Crippen molar-refractivity contribution in [1.29, 1.82) is 0 Å². The molecule has 1 aromatic heterocycles. The molecule has 0 saturated carbocycles. The summed E-state index contributed by atoms with van der Waals surface area (Å²) in [5.74, 6) is 1.08. The Bertz CT molecular complexity index is 563. The predicted octanol–water partition coefficient (Wildman–Crippen LogP) is 2.39. The van der Waals surface area contributed by atoms with Gasteiger partial charge in [0.05, 0.1) is 6.54 Å². The van der Waals surface area contributed by atoms with Crippen molar-refractivity contribution in [1.82, 2.24) is 19.4 Å². The number of carbonyl (C=O) groups is 1. The third-order valence-electron chi connectivity index (χ3n) is 4.76. The molecule has 0 aliphatic carbocycles. The van der Waals surface area contributed by atoms with E-state index >= 15 is 0 Å². The molecule has 2 aliphatic rings. The number of aromatic nitrogens is 2. The van der Waals surface area contributed by atoms with E-state index in [1.165, 1.54) is 0 Å². The van der Waals surface area contributed by atoms with Crippen LogP contribution in [0.25, 0.3) is 0 Å². The zero-order valence-corrected chi connectivity index (χ0v) is 14.7. The van der Waals surface area contributed by atoms with Crippen LogP contribution in [0.5, 0.6) is 0 Å². The maximum atomic E-state index is 12.6. The topological polar surface area (TPSA) is 50.6 Å². The highest BCUT2D eigenvalue weighted by atomic mass is 16.6. The van der Waals surface area contributed by atoms with Gasteiger partial charge >= 0.3 is 6.09 Å². The van der Waals surface area contributed by atoms with Crippen LogP contribution in [0.2, 0.25) is 0 Å². The molecule has 0 aromatic carbocycles. The van der Waals surface area contributed by atoms with Gasteiger partial charge in [-0.05, 0) is 40.0 Å². The number of hydrogen-bond donors (Lipinski definition) is 0. The fourth-order valence-corrected chi connectivity index (χ4v) is 3.65. The van der Waals surface area contributed by atoms with Gasteiger partial charge in [0.2, 0.25) is 0 Å². The molecule has 0 spiro atoms. The Balaban J connectivity index is 1.67. The SMILES string of the molecule is Cn1ccnc1CN1CC[C@H]2CC[C@@H](C1)N2C(=O)OC(C)(C)C. The molecule has 3 rings (SSSR count). The smallest absolute Gasteiger partial charge is 0.410 e. The zero-order chi connectivity index (χ0) is 16.6. The highest BCUT2D eigenvalue weighted by molar-refractivity contribution is 5.69. The summed E-state index contributed by atoms with van der Waals surface area (Å²) in [7, 11) is 2.03. The first-order valence-corrected chi connectivity index (χ1v) is 8.53. The Labute approximate surface area is 138 Å². The number of hydrogen-bond acceptors (Lipinski definition) is 4. The monoisotopic (exact) mass is 320 g/mol. The van der Waals surface area contributed by atoms with Crippen molar-refractivity contribution < 1.29 is 9.53 Å². The van der Waals surface area contributed by atoms with Crippen LogP contribution in [0.4, 0.5) is 4.79 Å². The molecular weight excluding hydrogens is 292 g/mol. The minimum absolute atomic E-state index is 0.149. The molecule has 6 nitrogen and oxygen atoms in total. The standard InChI is InChI=1S/C17H28N4O2/c1-17(2,3)23-16(22)21-13-5-6-14(21)11-20(9-7-13)12-15-18-8-10-19(15)4/h8,10,13-14H,5-7,9,11-12H2,1-4H3/t13-,14+/m1/s1. The number of rotatable bonds is 2. The van der Waals surface area contributed by atoms with Gasteiger partial charge in [0.1, 0.15) is 11.4 Å². The summed E-state index contributed by atoms with van der Waals surface area (Å²) >= 11 is 0. The van der Waals surface area contributed by atoms with E-state index in [1.54, 1.807) is 0 Å². The van der Waals surface area contributed by atoms with E-state index in [0.29, 0.717) is 6.04 Å². The Morgan fingerprint density at radius 2 is 2.04 bits per heavy atom. The molecule has 1 amide bonds. The van der Waals surface area contributed by atoms with E-state index in [9.17, 15) is 4.79 Å². The van der Waals surface area contributed by atoms with E-state index in [2.05, 4.69) is 14.5 Å². The molecule has 23 heavy (non-hydrogen) atoms. The Morgan fingerprint density at radius 3 is 2.70 bits per heavy atom. The molecule has 0 radical (unpaired) electrons. The van der Waals surface area contributed by atoms with Crippen LogP contribution in [-0.2, 0) is 18.3 Å². The number of fused-ring (bicyclic) bond motifs is 2. The van der Waals surface area contributed by atoms with Crippen LogP contribution in [-0.4, -0.2) is 56.2 Å². The summed E-state index contributed by atoms with van der Waals surface area (Å²) in [6, 6.07) is 0.582. The van der Waals surface area contributed by atoms with Crippen molar-refractivity contribution in [3.8, 4) is 0 Å². The van der Waals surface area contributed by atoms with Gasteiger partial charge in [-0.15, -0.1) is 0 Å². The van der Waals surface area contributed by atoms with Crippen LogP contribution in [0.1, 0.15) is 45.9 Å². The molecule has 0 unspecified atom stereocenters. The number of likely N-dealkylation sites (tertiary alicyclic amines) is 1. The fraction of sp³-hybridized carbons (Fsp3) is 0.765. The first-order valence-electron chi connectivity index (χ1n) is 8.53. The van der Waals surface area contributed by atoms with Crippen LogP contribution in [0.3, 0.4) is 0 Å². The summed E-state index contributed by atoms with van der Waals surface area (Å²) in [5, 5.41) is 0. The van der Waals surface area contributed by atoms with Crippen molar-refractivity contribution >= 4 is 6.09 Å². The second-order valence-electron chi connectivity index (χ2n) is 7.75. The minimum atomic E-state index is -0.435. The second kappa shape index (κ2) is 6.15. The molecule has 2 bridgehead atoms. The van der Waals surface area contributed by atoms with Crippen LogP contribution < -0.4 is 0 Å². The average Bonchev–Trinajstić information content (AvgIpc) is 2.94. The summed E-state index contributed by atoms with van der Waals surface area (Å²) in [6.45, 7) is 8.54. The molecule has 2 aliphatic heterocycles. The summed E-state index contributed by atoms with van der Waals surface area (Å²) in [4.78, 5) is 21.4. The quantitative estimate of drug-likeness (QED) is 0.839. The molecule has 6 heteroatoms. The highest BCUT2D eigenvalue weighted by Crippen LogP contribution is 2.32. The van der Waals surface area contributed by atoms with Crippen molar-refractivity contribution in [2.24, 2.45) is 7.05 Å². The van der Waals surface area contributed by atoms with Gasteiger partial charge in [-0.3, -0.25) is 4.90 Å². The van der Waals surface area contributed by atoms with Crippen LogP contribution in [0.15, 0.2) is 12.4 Å². The van der Waals surface area contributed by atoms with Gasteiger partial charge in [0.15, 0.2) is 0 Å². The Hall–Kier alpha value is -1.56. The lowest BCUT2D eigenvalue weighted by molar-refractivity contribution is 0.0152. The van der Waals surface area contributed by atoms with E-state index in [-0.39, 0.29) is 12.1 Å². The van der Waals surface area contributed by atoms with Crippen molar-refractivity contribution in [2.75, 3.05) is 13.1 Å². The van der Waals surface area contributed by atoms with Gasteiger partial charge in [0, 0.05) is 44.6 Å². The summed E-state index contributed by atoms with van der Waals surface area (Å²) in [6.07, 6.45) is 6.85. The van der Waals surface area contributed by atoms with Crippen molar-refractivity contribution in [3.63, 3.8) is 0 Å². The molecule has 2 saturated heterocycles. The second-order valence-corrected chi connectivity index (χ2v) is 7.75. The first-order chi connectivity index (χ1) is 10.8. The normalized spacial score (nSPS) is 25.5. The Morgan fingerprint density at radius 1 is 1.30 bits per heavy atom. The predicted molar refractivity (Wildman–Crippen MR) is 88.0 cm³/mol. The third-order valence-corrected chi connectivity index (χ3v) is 4.76. The van der Waals surface area contributed by atoms with Crippen molar-refractivity contribution in [3.05, 3.63) is 18.2 Å². The summed E-state index contributed by atoms with van der Waals surface area (Å²) in [5.41, 5.74) is -0.435. The fourth-order valence-electron chi connectivity index (χ4n) is 3.65. The molecule has 2 fully saturated rings. The van der Waals surface area contributed by atoms with Gasteiger partial charge in [-0.25, -0.2) is 9.78 Å². The van der Waals surface area contributed by atoms with Crippen molar-refractivity contribution in [2.45, 2.75) is 64.3 Å². The van der Waals surface area contributed by atoms with Gasteiger partial charge in [0.25, 0.3) is 0 Å². The number of ether oxygens (including phenoxy) is 1. The van der Waals surface area contributed by atoms with E-state index in [0.717, 1.165) is 44.7 Å².